The zero-order chi connectivity index (χ0) is 13.7. The van der Waals surface area contributed by atoms with Crippen LogP contribution in [0.25, 0.3) is 0 Å². The van der Waals surface area contributed by atoms with E-state index < -0.39 is 24.3 Å². The smallest absolute Gasteiger partial charge is 0.310 e. The summed E-state index contributed by atoms with van der Waals surface area (Å²) >= 11 is 0. The van der Waals surface area contributed by atoms with Gasteiger partial charge in [-0.05, 0) is 12.8 Å². The molecular weight excluding hydrogens is 240 g/mol. The van der Waals surface area contributed by atoms with Gasteiger partial charge in [0.15, 0.2) is 0 Å². The number of nitrogens with one attached hydrogen (secondary N) is 1. The van der Waals surface area contributed by atoms with Crippen LogP contribution >= 0.6 is 0 Å². The lowest BCUT2D eigenvalue weighted by Crippen LogP contribution is -2.48. The van der Waals surface area contributed by atoms with Crippen LogP contribution in [0.5, 0.6) is 0 Å². The van der Waals surface area contributed by atoms with E-state index in [1.165, 1.54) is 7.11 Å². The molecule has 4 N–H and O–H groups in total. The minimum absolute atomic E-state index is 0.315. The topological polar surface area (TPSA) is 119 Å². The van der Waals surface area contributed by atoms with Crippen molar-refractivity contribution in [2.24, 2.45) is 11.7 Å². The highest BCUT2D eigenvalue weighted by molar-refractivity contribution is 5.86. The summed E-state index contributed by atoms with van der Waals surface area (Å²) in [4.78, 5) is 33.5. The molecule has 1 amide bonds. The Balaban J connectivity index is 2.53. The third-order valence-electron chi connectivity index (χ3n) is 3.08. The summed E-state index contributed by atoms with van der Waals surface area (Å²) in [5.74, 6) is -2.40. The molecule has 0 saturated heterocycles. The number of carboxylic acid groups (broad SMARTS) is 1. The number of rotatable bonds is 5. The van der Waals surface area contributed by atoms with Crippen molar-refractivity contribution in [3.05, 3.63) is 0 Å². The van der Waals surface area contributed by atoms with Gasteiger partial charge in [-0.1, -0.05) is 6.42 Å². The molecule has 0 aliphatic heterocycles. The quantitative estimate of drug-likeness (QED) is 0.558. The van der Waals surface area contributed by atoms with Crippen molar-refractivity contribution in [2.45, 2.75) is 37.8 Å². The van der Waals surface area contributed by atoms with Gasteiger partial charge in [0, 0.05) is 6.04 Å². The molecule has 102 valence electrons. The van der Waals surface area contributed by atoms with E-state index in [-0.39, 0.29) is 17.9 Å². The number of methoxy groups -OCH3 is 1. The summed E-state index contributed by atoms with van der Waals surface area (Å²) in [6, 6.07) is -1.41. The Morgan fingerprint density at radius 1 is 1.44 bits per heavy atom. The Bertz CT molecular complexity index is 344. The van der Waals surface area contributed by atoms with Crippen LogP contribution in [-0.4, -0.2) is 42.1 Å². The van der Waals surface area contributed by atoms with Crippen LogP contribution in [0.3, 0.4) is 0 Å². The highest BCUT2D eigenvalue weighted by Gasteiger charge is 2.35. The number of nitrogens with two attached hydrogens (primary N) is 1. The number of aliphatic carboxylic acids is 1. The molecule has 1 saturated carbocycles. The lowest BCUT2D eigenvalue weighted by Gasteiger charge is -2.20. The Kier molecular flexibility index (Phi) is 5.08. The van der Waals surface area contributed by atoms with Crippen molar-refractivity contribution in [2.75, 3.05) is 7.11 Å². The first-order chi connectivity index (χ1) is 8.45. The van der Waals surface area contributed by atoms with Crippen molar-refractivity contribution in [1.29, 1.82) is 0 Å². The van der Waals surface area contributed by atoms with Gasteiger partial charge in [0.25, 0.3) is 0 Å². The van der Waals surface area contributed by atoms with E-state index in [9.17, 15) is 14.4 Å². The van der Waals surface area contributed by atoms with E-state index in [2.05, 4.69) is 10.1 Å². The van der Waals surface area contributed by atoms with Crippen molar-refractivity contribution in [3.8, 4) is 0 Å². The average Bonchev–Trinajstić information content (AvgIpc) is 2.75. The normalized spacial score (nSPS) is 24.3. The van der Waals surface area contributed by atoms with Gasteiger partial charge in [0.1, 0.15) is 0 Å². The van der Waals surface area contributed by atoms with E-state index in [1.54, 1.807) is 0 Å². The monoisotopic (exact) mass is 258 g/mol. The number of amides is 1. The Labute approximate surface area is 105 Å². The van der Waals surface area contributed by atoms with Crippen LogP contribution < -0.4 is 11.1 Å². The standard InChI is InChI=1S/C11H18N2O5/c1-18-11(17)6-3-2-4-8(6)13-10(16)7(12)5-9(14)15/h6-8H,2-5,12H2,1H3,(H,13,16)(H,14,15)/t6-,7+,8+/m1/s1. The molecule has 3 atom stereocenters. The molecule has 1 aliphatic carbocycles. The molecular formula is C11H18N2O5. The third-order valence-corrected chi connectivity index (χ3v) is 3.08. The molecule has 0 aromatic heterocycles. The van der Waals surface area contributed by atoms with Crippen LogP contribution in [0.2, 0.25) is 0 Å². The molecule has 0 radical (unpaired) electrons. The molecule has 0 bridgehead atoms. The third kappa shape index (κ3) is 3.69. The second-order valence-electron chi connectivity index (χ2n) is 4.38. The lowest BCUT2D eigenvalue weighted by molar-refractivity contribution is -0.146. The zero-order valence-corrected chi connectivity index (χ0v) is 10.2. The Morgan fingerprint density at radius 2 is 2.11 bits per heavy atom. The zero-order valence-electron chi connectivity index (χ0n) is 10.2. The summed E-state index contributed by atoms with van der Waals surface area (Å²) in [6.07, 6.45) is 1.72. The van der Waals surface area contributed by atoms with E-state index in [4.69, 9.17) is 10.8 Å². The fourth-order valence-corrected chi connectivity index (χ4v) is 2.14. The van der Waals surface area contributed by atoms with E-state index in [1.807, 2.05) is 0 Å². The van der Waals surface area contributed by atoms with E-state index >= 15 is 0 Å². The molecule has 1 rings (SSSR count). The lowest BCUT2D eigenvalue weighted by atomic mass is 10.0. The van der Waals surface area contributed by atoms with Crippen LogP contribution in [0.4, 0.5) is 0 Å². The maximum Gasteiger partial charge on any atom is 0.310 e. The maximum atomic E-state index is 11.6. The predicted octanol–water partition coefficient (Wildman–Crippen LogP) is -0.754. The maximum absolute atomic E-state index is 11.6. The number of carboxylic acids is 1. The van der Waals surface area contributed by atoms with Crippen molar-refractivity contribution in [1.82, 2.24) is 5.32 Å². The largest absolute Gasteiger partial charge is 0.481 e. The molecule has 0 aromatic carbocycles. The van der Waals surface area contributed by atoms with Crippen molar-refractivity contribution < 1.29 is 24.2 Å². The Morgan fingerprint density at radius 3 is 2.67 bits per heavy atom. The van der Waals surface area contributed by atoms with Crippen molar-refractivity contribution in [3.63, 3.8) is 0 Å². The molecule has 0 heterocycles. The molecule has 1 fully saturated rings. The van der Waals surface area contributed by atoms with Gasteiger partial charge >= 0.3 is 11.9 Å². The summed E-state index contributed by atoms with van der Waals surface area (Å²) < 4.78 is 4.66. The molecule has 7 nitrogen and oxygen atoms in total. The van der Waals surface area contributed by atoms with Gasteiger partial charge in [0.2, 0.25) is 5.91 Å². The molecule has 7 heteroatoms. The number of carbonyl (C=O) groups is 3. The summed E-state index contributed by atoms with van der Waals surface area (Å²) in [6.45, 7) is 0. The summed E-state index contributed by atoms with van der Waals surface area (Å²) in [5, 5.41) is 11.2. The first-order valence-corrected chi connectivity index (χ1v) is 5.81. The second kappa shape index (κ2) is 6.34. The minimum atomic E-state index is -1.13. The van der Waals surface area contributed by atoms with Crippen molar-refractivity contribution >= 4 is 17.8 Å². The Hall–Kier alpha value is -1.63. The van der Waals surface area contributed by atoms with Gasteiger partial charge in [-0.25, -0.2) is 0 Å². The second-order valence-corrected chi connectivity index (χ2v) is 4.38. The summed E-state index contributed by atoms with van der Waals surface area (Å²) in [5.41, 5.74) is 5.44. The van der Waals surface area contributed by atoms with Crippen LogP contribution in [0.1, 0.15) is 25.7 Å². The molecule has 0 unspecified atom stereocenters. The number of esters is 1. The highest BCUT2D eigenvalue weighted by atomic mass is 16.5. The number of ether oxygens (including phenoxy) is 1. The fraction of sp³-hybridized carbons (Fsp3) is 0.727. The number of carbonyl (C=O) groups excluding carboxylic acids is 2. The molecule has 1 aliphatic rings. The van der Waals surface area contributed by atoms with E-state index in [0.717, 1.165) is 6.42 Å². The highest BCUT2D eigenvalue weighted by Crippen LogP contribution is 2.26. The molecule has 18 heavy (non-hydrogen) atoms. The van der Waals surface area contributed by atoms with Gasteiger partial charge < -0.3 is 20.9 Å². The predicted molar refractivity (Wildman–Crippen MR) is 61.5 cm³/mol. The fourth-order valence-electron chi connectivity index (χ4n) is 2.14. The first kappa shape index (κ1) is 14.4. The van der Waals surface area contributed by atoms with Gasteiger partial charge in [0.05, 0.1) is 25.5 Å². The van der Waals surface area contributed by atoms with Gasteiger partial charge in [-0.2, -0.15) is 0 Å². The molecule has 0 aromatic rings. The van der Waals surface area contributed by atoms with Gasteiger partial charge in [-0.15, -0.1) is 0 Å². The summed E-state index contributed by atoms with van der Waals surface area (Å²) in [7, 11) is 1.30. The molecule has 0 spiro atoms. The van der Waals surface area contributed by atoms with E-state index in [0.29, 0.717) is 12.8 Å². The van der Waals surface area contributed by atoms with Crippen LogP contribution in [-0.2, 0) is 19.1 Å². The minimum Gasteiger partial charge on any atom is -0.481 e. The van der Waals surface area contributed by atoms with Crippen LogP contribution in [0, 0.1) is 5.92 Å². The van der Waals surface area contributed by atoms with Crippen LogP contribution in [0.15, 0.2) is 0 Å². The first-order valence-electron chi connectivity index (χ1n) is 5.81. The van der Waals surface area contributed by atoms with Gasteiger partial charge in [-0.3, -0.25) is 14.4 Å². The number of hydrogen-bond acceptors (Lipinski definition) is 5. The average molecular weight is 258 g/mol. The number of hydrogen-bond donors (Lipinski definition) is 3. The SMILES string of the molecule is COC(=O)[C@@H]1CCC[C@@H]1NC(=O)[C@@H](N)CC(=O)O.